The van der Waals surface area contributed by atoms with Gasteiger partial charge in [0.25, 0.3) is 0 Å². The van der Waals surface area contributed by atoms with Crippen molar-refractivity contribution in [3.05, 3.63) is 29.8 Å². The molecule has 3 nitrogen and oxygen atoms in total. The van der Waals surface area contributed by atoms with Crippen molar-refractivity contribution in [3.8, 4) is 5.75 Å². The van der Waals surface area contributed by atoms with Crippen LogP contribution in [0.1, 0.15) is 18.0 Å². The Labute approximate surface area is 103 Å². The van der Waals surface area contributed by atoms with Crippen molar-refractivity contribution in [2.24, 2.45) is 5.92 Å². The molecule has 1 saturated heterocycles. The zero-order valence-electron chi connectivity index (χ0n) is 10.4. The summed E-state index contributed by atoms with van der Waals surface area (Å²) in [6, 6.07) is 8.93. The van der Waals surface area contributed by atoms with Gasteiger partial charge in [-0.25, -0.2) is 0 Å². The lowest BCUT2D eigenvalue weighted by molar-refractivity contribution is 0.189. The molecule has 2 heterocycles. The van der Waals surface area contributed by atoms with E-state index < -0.39 is 0 Å². The van der Waals surface area contributed by atoms with Crippen molar-refractivity contribution in [1.29, 1.82) is 0 Å². The Morgan fingerprint density at radius 2 is 2.29 bits per heavy atom. The number of rotatable bonds is 3. The summed E-state index contributed by atoms with van der Waals surface area (Å²) in [5, 5.41) is 3.28. The first kappa shape index (κ1) is 11.1. The van der Waals surface area contributed by atoms with Gasteiger partial charge in [0.2, 0.25) is 0 Å². The molecular weight excluding hydrogens is 212 g/mol. The Hall–Kier alpha value is -1.06. The van der Waals surface area contributed by atoms with Crippen molar-refractivity contribution in [1.82, 2.24) is 10.2 Å². The van der Waals surface area contributed by atoms with Crippen LogP contribution in [0.3, 0.4) is 0 Å². The van der Waals surface area contributed by atoms with Crippen molar-refractivity contribution in [2.45, 2.75) is 12.5 Å². The fourth-order valence-corrected chi connectivity index (χ4v) is 3.05. The Kier molecular flexibility index (Phi) is 3.04. The molecule has 0 aromatic heterocycles. The van der Waals surface area contributed by atoms with Gasteiger partial charge in [0.15, 0.2) is 0 Å². The van der Waals surface area contributed by atoms with E-state index in [4.69, 9.17) is 4.74 Å². The maximum absolute atomic E-state index is 5.76. The summed E-state index contributed by atoms with van der Waals surface area (Å²) in [5.41, 5.74) is 1.37. The van der Waals surface area contributed by atoms with Crippen LogP contribution >= 0.6 is 0 Å². The van der Waals surface area contributed by atoms with Crippen LogP contribution in [-0.2, 0) is 0 Å². The molecular formula is C14H20N2O. The first-order chi connectivity index (χ1) is 8.38. The molecule has 1 N–H and O–H groups in total. The molecule has 2 aliphatic heterocycles. The summed E-state index contributed by atoms with van der Waals surface area (Å²) in [6.07, 6.45) is 1.31. The summed E-state index contributed by atoms with van der Waals surface area (Å²) in [5.74, 6) is 1.88. The highest BCUT2D eigenvalue weighted by Gasteiger charge is 2.33. The highest BCUT2D eigenvalue weighted by atomic mass is 16.5. The highest BCUT2D eigenvalue weighted by Crippen LogP contribution is 2.37. The monoisotopic (exact) mass is 232 g/mol. The Balaban J connectivity index is 1.71. The number of fused-ring (bicyclic) bond motifs is 1. The first-order valence-corrected chi connectivity index (χ1v) is 6.49. The van der Waals surface area contributed by atoms with Crippen LogP contribution in [0.5, 0.6) is 5.75 Å². The number of nitrogens with zero attached hydrogens (tertiary/aromatic N) is 1. The lowest BCUT2D eigenvalue weighted by Gasteiger charge is -2.22. The van der Waals surface area contributed by atoms with E-state index in [1.807, 2.05) is 7.05 Å². The van der Waals surface area contributed by atoms with E-state index in [1.165, 1.54) is 25.1 Å². The second kappa shape index (κ2) is 4.67. The van der Waals surface area contributed by atoms with Crippen molar-refractivity contribution in [3.63, 3.8) is 0 Å². The summed E-state index contributed by atoms with van der Waals surface area (Å²) < 4.78 is 5.76. The molecule has 0 saturated carbocycles. The number of ether oxygens (including phenoxy) is 1. The van der Waals surface area contributed by atoms with Gasteiger partial charge < -0.3 is 10.1 Å². The summed E-state index contributed by atoms with van der Waals surface area (Å²) >= 11 is 0. The van der Waals surface area contributed by atoms with Crippen molar-refractivity contribution < 1.29 is 4.74 Å². The van der Waals surface area contributed by atoms with Crippen molar-refractivity contribution >= 4 is 0 Å². The quantitative estimate of drug-likeness (QED) is 0.858. The van der Waals surface area contributed by atoms with Crippen LogP contribution in [0.2, 0.25) is 0 Å². The van der Waals surface area contributed by atoms with E-state index >= 15 is 0 Å². The molecule has 1 fully saturated rings. The number of hydrogen-bond donors (Lipinski definition) is 1. The predicted octanol–water partition coefficient (Wildman–Crippen LogP) is 1.66. The van der Waals surface area contributed by atoms with Gasteiger partial charge in [0.05, 0.1) is 6.04 Å². The molecule has 17 heavy (non-hydrogen) atoms. The van der Waals surface area contributed by atoms with Gasteiger partial charge in [-0.3, -0.25) is 4.90 Å². The van der Waals surface area contributed by atoms with Crippen LogP contribution < -0.4 is 10.1 Å². The predicted molar refractivity (Wildman–Crippen MR) is 68.3 cm³/mol. The normalized spacial score (nSPS) is 28.1. The fourth-order valence-electron chi connectivity index (χ4n) is 3.05. The van der Waals surface area contributed by atoms with Gasteiger partial charge >= 0.3 is 0 Å². The summed E-state index contributed by atoms with van der Waals surface area (Å²) in [6.45, 7) is 4.36. The largest absolute Gasteiger partial charge is 0.491 e. The van der Waals surface area contributed by atoms with E-state index in [0.29, 0.717) is 6.04 Å². The van der Waals surface area contributed by atoms with Crippen LogP contribution in [-0.4, -0.2) is 38.2 Å². The lowest BCUT2D eigenvalue weighted by atomic mass is 10.1. The van der Waals surface area contributed by atoms with Crippen LogP contribution in [0.15, 0.2) is 24.3 Å². The standard InChI is InChI=1S/C14H20N2O/c1-15-8-11-6-7-16(9-11)13-10-17-14-5-3-2-4-12(13)14/h2-5,11,13,15H,6-10H2,1H3. The van der Waals surface area contributed by atoms with Gasteiger partial charge in [0, 0.05) is 12.1 Å². The number of likely N-dealkylation sites (tertiary alicyclic amines) is 1. The van der Waals surface area contributed by atoms with E-state index in [1.54, 1.807) is 0 Å². The van der Waals surface area contributed by atoms with Gasteiger partial charge in [-0.2, -0.15) is 0 Å². The van der Waals surface area contributed by atoms with Gasteiger partial charge in [0.1, 0.15) is 12.4 Å². The fraction of sp³-hybridized carbons (Fsp3) is 0.571. The van der Waals surface area contributed by atoms with E-state index in [0.717, 1.165) is 24.8 Å². The number of para-hydroxylation sites is 1. The molecule has 0 spiro atoms. The van der Waals surface area contributed by atoms with Gasteiger partial charge in [-0.1, -0.05) is 18.2 Å². The molecule has 0 bridgehead atoms. The lowest BCUT2D eigenvalue weighted by Crippen LogP contribution is -2.29. The maximum atomic E-state index is 5.76. The molecule has 3 rings (SSSR count). The Morgan fingerprint density at radius 3 is 3.18 bits per heavy atom. The number of nitrogens with one attached hydrogen (secondary N) is 1. The molecule has 1 aromatic rings. The van der Waals surface area contributed by atoms with Crippen LogP contribution in [0.4, 0.5) is 0 Å². The average molecular weight is 232 g/mol. The molecule has 0 amide bonds. The minimum absolute atomic E-state index is 0.480. The number of benzene rings is 1. The third-order valence-corrected chi connectivity index (χ3v) is 3.93. The Morgan fingerprint density at radius 1 is 1.41 bits per heavy atom. The third kappa shape index (κ3) is 2.05. The summed E-state index contributed by atoms with van der Waals surface area (Å²) in [7, 11) is 2.04. The molecule has 0 aliphatic carbocycles. The molecule has 1 aromatic carbocycles. The third-order valence-electron chi connectivity index (χ3n) is 3.93. The molecule has 3 heteroatoms. The average Bonchev–Trinajstić information content (AvgIpc) is 2.95. The SMILES string of the molecule is CNCC1CCN(C2COc3ccccc32)C1. The second-order valence-electron chi connectivity index (χ2n) is 5.07. The summed E-state index contributed by atoms with van der Waals surface area (Å²) in [4.78, 5) is 2.58. The zero-order chi connectivity index (χ0) is 11.7. The smallest absolute Gasteiger partial charge is 0.124 e. The van der Waals surface area contributed by atoms with Gasteiger partial charge in [-0.05, 0) is 38.5 Å². The Bertz CT molecular complexity index is 394. The van der Waals surface area contributed by atoms with Crippen LogP contribution in [0.25, 0.3) is 0 Å². The van der Waals surface area contributed by atoms with E-state index in [-0.39, 0.29) is 0 Å². The van der Waals surface area contributed by atoms with Crippen molar-refractivity contribution in [2.75, 3.05) is 33.3 Å². The highest BCUT2D eigenvalue weighted by molar-refractivity contribution is 5.39. The van der Waals surface area contributed by atoms with E-state index in [2.05, 4.69) is 34.5 Å². The minimum atomic E-state index is 0.480. The molecule has 92 valence electrons. The minimum Gasteiger partial charge on any atom is -0.491 e. The van der Waals surface area contributed by atoms with Gasteiger partial charge in [-0.15, -0.1) is 0 Å². The second-order valence-corrected chi connectivity index (χ2v) is 5.07. The zero-order valence-corrected chi connectivity index (χ0v) is 10.4. The molecule has 0 radical (unpaired) electrons. The molecule has 2 aliphatic rings. The van der Waals surface area contributed by atoms with Crippen LogP contribution in [0, 0.1) is 5.92 Å². The maximum Gasteiger partial charge on any atom is 0.124 e. The first-order valence-electron chi connectivity index (χ1n) is 6.49. The molecule has 2 unspecified atom stereocenters. The topological polar surface area (TPSA) is 24.5 Å². The number of hydrogen-bond acceptors (Lipinski definition) is 3. The molecule has 2 atom stereocenters. The van der Waals surface area contributed by atoms with E-state index in [9.17, 15) is 0 Å².